The molecule has 0 radical (unpaired) electrons. The molecule has 2 aromatic carbocycles. The van der Waals surface area contributed by atoms with Gasteiger partial charge in [0.15, 0.2) is 9.84 Å². The highest BCUT2D eigenvalue weighted by Crippen LogP contribution is 2.36. The Morgan fingerprint density at radius 3 is 1.29 bits per heavy atom. The highest BCUT2D eigenvalue weighted by atomic mass is 32.2. The number of sulfone groups is 1. The Bertz CT molecular complexity index is 651. The second kappa shape index (κ2) is 5.26. The lowest BCUT2D eigenvalue weighted by Gasteiger charge is -2.35. The normalized spacial score (nSPS) is 17.7. The molecule has 0 aliphatic carbocycles. The van der Waals surface area contributed by atoms with E-state index in [2.05, 4.69) is 0 Å². The summed E-state index contributed by atoms with van der Waals surface area (Å²) in [7, 11) is -3.89. The van der Waals surface area contributed by atoms with Crippen LogP contribution in [-0.4, -0.2) is 8.42 Å². The summed E-state index contributed by atoms with van der Waals surface area (Å²) in [5.41, 5.74) is 13.4. The zero-order valence-corrected chi connectivity index (χ0v) is 13.0. The zero-order valence-electron chi connectivity index (χ0n) is 12.2. The topological polar surface area (TPSA) is 86.2 Å². The zero-order chi connectivity index (χ0) is 15.7. The molecule has 0 bridgehead atoms. The molecule has 0 aliphatic heterocycles. The van der Waals surface area contributed by atoms with E-state index in [-0.39, 0.29) is 0 Å². The number of hydrogen-bond donors (Lipinski definition) is 2. The first-order valence-electron chi connectivity index (χ1n) is 6.64. The number of hydrogen-bond acceptors (Lipinski definition) is 4. The summed E-state index contributed by atoms with van der Waals surface area (Å²) in [5.74, 6) is 0. The van der Waals surface area contributed by atoms with E-state index >= 15 is 0 Å². The van der Waals surface area contributed by atoms with Gasteiger partial charge in [0.05, 0.1) is 0 Å². The third kappa shape index (κ3) is 2.48. The van der Waals surface area contributed by atoms with E-state index in [0.29, 0.717) is 11.1 Å². The maximum atomic E-state index is 13.0. The van der Waals surface area contributed by atoms with Gasteiger partial charge in [-0.25, -0.2) is 8.42 Å². The largest absolute Gasteiger partial charge is 0.309 e. The molecule has 21 heavy (non-hydrogen) atoms. The van der Waals surface area contributed by atoms with Crippen molar-refractivity contribution in [3.63, 3.8) is 0 Å². The van der Waals surface area contributed by atoms with E-state index in [1.807, 2.05) is 12.1 Å². The number of nitrogens with two attached hydrogens (primary N) is 2. The fourth-order valence-corrected chi connectivity index (χ4v) is 4.06. The van der Waals surface area contributed by atoms with Crippen LogP contribution in [0.25, 0.3) is 0 Å². The third-order valence-corrected chi connectivity index (χ3v) is 6.51. The highest BCUT2D eigenvalue weighted by molar-refractivity contribution is 7.93. The van der Waals surface area contributed by atoms with Crippen LogP contribution < -0.4 is 11.5 Å². The summed E-state index contributed by atoms with van der Waals surface area (Å²) in [5, 5.41) is 0. The van der Waals surface area contributed by atoms with Crippen LogP contribution in [0.2, 0.25) is 0 Å². The average molecular weight is 304 g/mol. The van der Waals surface area contributed by atoms with Crippen molar-refractivity contribution in [1.82, 2.24) is 0 Å². The number of rotatable bonds is 4. The van der Waals surface area contributed by atoms with Crippen LogP contribution in [0.1, 0.15) is 25.0 Å². The molecular weight excluding hydrogens is 284 g/mol. The molecular formula is C16H20N2O2S. The highest BCUT2D eigenvalue weighted by Gasteiger charge is 2.49. The molecule has 2 unspecified atom stereocenters. The molecule has 5 heteroatoms. The van der Waals surface area contributed by atoms with Crippen molar-refractivity contribution in [3.05, 3.63) is 71.8 Å². The van der Waals surface area contributed by atoms with E-state index in [1.165, 1.54) is 13.8 Å². The van der Waals surface area contributed by atoms with Gasteiger partial charge in [0.2, 0.25) is 0 Å². The predicted octanol–water partition coefficient (Wildman–Crippen LogP) is 2.06. The van der Waals surface area contributed by atoms with Crippen LogP contribution in [-0.2, 0) is 19.6 Å². The van der Waals surface area contributed by atoms with Crippen LogP contribution >= 0.6 is 0 Å². The van der Waals surface area contributed by atoms with Crippen molar-refractivity contribution < 1.29 is 8.42 Å². The van der Waals surface area contributed by atoms with Gasteiger partial charge in [-0.1, -0.05) is 60.7 Å². The van der Waals surface area contributed by atoms with Crippen LogP contribution in [0.5, 0.6) is 0 Å². The molecule has 0 fully saturated rings. The summed E-state index contributed by atoms with van der Waals surface area (Å²) < 4.78 is 26.0. The Morgan fingerprint density at radius 2 is 1.00 bits per heavy atom. The average Bonchev–Trinajstić information content (AvgIpc) is 2.48. The predicted molar refractivity (Wildman–Crippen MR) is 84.9 cm³/mol. The van der Waals surface area contributed by atoms with Crippen molar-refractivity contribution in [2.75, 3.05) is 0 Å². The summed E-state index contributed by atoms with van der Waals surface area (Å²) in [4.78, 5) is -3.15. The lowest BCUT2D eigenvalue weighted by Crippen LogP contribution is -2.55. The second-order valence-corrected chi connectivity index (χ2v) is 8.15. The molecule has 112 valence electrons. The van der Waals surface area contributed by atoms with Gasteiger partial charge in [0, 0.05) is 0 Å². The van der Waals surface area contributed by atoms with Gasteiger partial charge in [-0.15, -0.1) is 0 Å². The van der Waals surface area contributed by atoms with Gasteiger partial charge in [-0.3, -0.25) is 0 Å². The lowest BCUT2D eigenvalue weighted by atomic mass is 10.1. The number of benzene rings is 2. The van der Waals surface area contributed by atoms with Crippen LogP contribution in [0.15, 0.2) is 60.7 Å². The van der Waals surface area contributed by atoms with Gasteiger partial charge in [0.25, 0.3) is 0 Å². The summed E-state index contributed by atoms with van der Waals surface area (Å²) in [6.07, 6.45) is 0. The summed E-state index contributed by atoms with van der Waals surface area (Å²) in [6.45, 7) is 2.96. The minimum absolute atomic E-state index is 0.512. The Hall–Kier alpha value is -1.69. The standard InChI is InChI=1S/C16H20N2O2S/c1-15(17,13-9-5-3-6-10-13)21(19,20)16(2,18)14-11-7-4-8-12-14/h3-12H,17-18H2,1-2H3. The van der Waals surface area contributed by atoms with Crippen molar-refractivity contribution in [2.24, 2.45) is 11.5 Å². The summed E-state index contributed by atoms with van der Waals surface area (Å²) in [6, 6.07) is 17.4. The smallest absolute Gasteiger partial charge is 0.195 e. The van der Waals surface area contributed by atoms with Crippen LogP contribution in [0, 0.1) is 0 Å². The van der Waals surface area contributed by atoms with Gasteiger partial charge in [-0.05, 0) is 25.0 Å². The molecule has 0 amide bonds. The minimum atomic E-state index is -3.89. The maximum Gasteiger partial charge on any atom is 0.195 e. The molecule has 0 saturated heterocycles. The molecule has 2 aromatic rings. The Kier molecular flexibility index (Phi) is 3.93. The van der Waals surface area contributed by atoms with Gasteiger partial charge in [-0.2, -0.15) is 0 Å². The first-order chi connectivity index (χ1) is 9.71. The quantitative estimate of drug-likeness (QED) is 0.905. The first-order valence-corrected chi connectivity index (χ1v) is 8.12. The minimum Gasteiger partial charge on any atom is -0.309 e. The molecule has 2 atom stereocenters. The molecule has 2 rings (SSSR count). The maximum absolute atomic E-state index is 13.0. The van der Waals surface area contributed by atoms with E-state index in [1.54, 1.807) is 48.5 Å². The first kappa shape index (κ1) is 15.7. The molecule has 0 aromatic heterocycles. The molecule has 0 saturated carbocycles. The van der Waals surface area contributed by atoms with Crippen molar-refractivity contribution in [1.29, 1.82) is 0 Å². The molecule has 4 nitrogen and oxygen atoms in total. The Labute approximate surface area is 125 Å². The fraction of sp³-hybridized carbons (Fsp3) is 0.250. The SMILES string of the molecule is CC(N)(c1ccccc1)S(=O)(=O)C(C)(N)c1ccccc1. The van der Waals surface area contributed by atoms with Crippen LogP contribution in [0.4, 0.5) is 0 Å². The van der Waals surface area contributed by atoms with E-state index < -0.39 is 19.6 Å². The Balaban J connectivity index is 2.56. The molecule has 4 N–H and O–H groups in total. The third-order valence-electron chi connectivity index (χ3n) is 3.81. The van der Waals surface area contributed by atoms with Crippen molar-refractivity contribution in [2.45, 2.75) is 23.6 Å². The van der Waals surface area contributed by atoms with Crippen molar-refractivity contribution in [3.8, 4) is 0 Å². The van der Waals surface area contributed by atoms with E-state index in [4.69, 9.17) is 11.5 Å². The van der Waals surface area contributed by atoms with Gasteiger partial charge < -0.3 is 11.5 Å². The van der Waals surface area contributed by atoms with Crippen molar-refractivity contribution >= 4 is 9.84 Å². The van der Waals surface area contributed by atoms with E-state index in [9.17, 15) is 8.42 Å². The molecule has 0 aliphatic rings. The van der Waals surface area contributed by atoms with Gasteiger partial charge >= 0.3 is 0 Å². The molecule has 0 heterocycles. The Morgan fingerprint density at radius 1 is 0.714 bits per heavy atom. The monoisotopic (exact) mass is 304 g/mol. The second-order valence-electron chi connectivity index (χ2n) is 5.45. The van der Waals surface area contributed by atoms with Gasteiger partial charge in [0.1, 0.15) is 9.74 Å². The lowest BCUT2D eigenvalue weighted by molar-refractivity contribution is 0.500. The molecule has 0 spiro atoms. The van der Waals surface area contributed by atoms with E-state index in [0.717, 1.165) is 0 Å². The van der Waals surface area contributed by atoms with Crippen LogP contribution in [0.3, 0.4) is 0 Å². The summed E-state index contributed by atoms with van der Waals surface area (Å²) >= 11 is 0. The fourth-order valence-electron chi connectivity index (χ4n) is 2.29.